The van der Waals surface area contributed by atoms with Crippen LogP contribution in [-0.4, -0.2) is 72.2 Å². The summed E-state index contributed by atoms with van der Waals surface area (Å²) in [5, 5.41) is 1.07. The second-order valence-electron chi connectivity index (χ2n) is 10.9. The van der Waals surface area contributed by atoms with Crippen molar-refractivity contribution in [3.63, 3.8) is 0 Å². The van der Waals surface area contributed by atoms with Gasteiger partial charge in [0.05, 0.1) is 31.6 Å². The Balaban J connectivity index is 1.46. The van der Waals surface area contributed by atoms with Crippen LogP contribution in [0.15, 0.2) is 42.5 Å². The Labute approximate surface area is 229 Å². The van der Waals surface area contributed by atoms with Gasteiger partial charge in [0.2, 0.25) is 5.91 Å². The molecule has 39 heavy (non-hydrogen) atoms. The van der Waals surface area contributed by atoms with Gasteiger partial charge < -0.3 is 29.0 Å². The van der Waals surface area contributed by atoms with Gasteiger partial charge in [0, 0.05) is 36.5 Å². The number of carbonyl (C=O) groups is 2. The molecular formula is C31H37N3O5. The van der Waals surface area contributed by atoms with Gasteiger partial charge in [0.1, 0.15) is 0 Å². The molecule has 3 unspecified atom stereocenters. The summed E-state index contributed by atoms with van der Waals surface area (Å²) in [6, 6.07) is 14.2. The van der Waals surface area contributed by atoms with Crippen molar-refractivity contribution in [1.82, 2.24) is 14.8 Å². The molecule has 3 aliphatic rings. The first kappa shape index (κ1) is 25.7. The zero-order chi connectivity index (χ0) is 27.1. The van der Waals surface area contributed by atoms with Gasteiger partial charge in [-0.2, -0.15) is 0 Å². The molecule has 3 aliphatic heterocycles. The minimum absolute atomic E-state index is 0.0131. The first-order chi connectivity index (χ1) is 19.0. The molecule has 6 rings (SSSR count). The summed E-state index contributed by atoms with van der Waals surface area (Å²) < 4.78 is 17.7. The standard InChI is InChI=1S/C31H37N3O5/c1-4-14-39-25-13-12-20(16-26(25)37-5-2)23-18-34-27(35)19-33(17-21-9-8-15-38-21)30(36)31(34,3)29-28(23)22-10-6-7-11-24(22)32-29/h6-7,10-13,16,21,23,32H,4-5,8-9,14-15,17-19H2,1-3H3. The third-order valence-electron chi connectivity index (χ3n) is 8.40. The van der Waals surface area contributed by atoms with Crippen LogP contribution in [0.25, 0.3) is 10.9 Å². The second kappa shape index (κ2) is 10.2. The van der Waals surface area contributed by atoms with Gasteiger partial charge in [-0.25, -0.2) is 0 Å². The molecule has 0 saturated carbocycles. The van der Waals surface area contributed by atoms with E-state index in [1.54, 1.807) is 9.80 Å². The van der Waals surface area contributed by atoms with Crippen molar-refractivity contribution in [3.8, 4) is 11.5 Å². The molecular weight excluding hydrogens is 494 g/mol. The Morgan fingerprint density at radius 2 is 1.95 bits per heavy atom. The molecule has 1 N–H and O–H groups in total. The van der Waals surface area contributed by atoms with Crippen LogP contribution < -0.4 is 9.47 Å². The molecule has 0 spiro atoms. The first-order valence-electron chi connectivity index (χ1n) is 14.2. The molecule has 1 aromatic heterocycles. The number of hydrogen-bond acceptors (Lipinski definition) is 5. The van der Waals surface area contributed by atoms with Gasteiger partial charge in [-0.05, 0) is 62.4 Å². The average molecular weight is 532 g/mol. The van der Waals surface area contributed by atoms with Gasteiger partial charge in [-0.15, -0.1) is 0 Å². The van der Waals surface area contributed by atoms with Crippen molar-refractivity contribution >= 4 is 22.7 Å². The first-order valence-corrected chi connectivity index (χ1v) is 14.2. The minimum Gasteiger partial charge on any atom is -0.490 e. The number of H-pyrrole nitrogens is 1. The zero-order valence-electron chi connectivity index (χ0n) is 23.0. The number of aromatic nitrogens is 1. The summed E-state index contributed by atoms with van der Waals surface area (Å²) in [5.74, 6) is 1.18. The van der Waals surface area contributed by atoms with Crippen molar-refractivity contribution in [1.29, 1.82) is 0 Å². The number of fused-ring (bicyclic) bond motifs is 5. The minimum atomic E-state index is -1.12. The van der Waals surface area contributed by atoms with Crippen molar-refractivity contribution in [2.24, 2.45) is 0 Å². The Hall–Kier alpha value is -3.52. The number of amides is 2. The molecule has 3 aromatic rings. The van der Waals surface area contributed by atoms with Crippen LogP contribution in [0, 0.1) is 0 Å². The van der Waals surface area contributed by atoms with Gasteiger partial charge in [-0.1, -0.05) is 31.2 Å². The Kier molecular flexibility index (Phi) is 6.75. The molecule has 2 aromatic carbocycles. The number of aromatic amines is 1. The lowest BCUT2D eigenvalue weighted by molar-refractivity contribution is -0.167. The predicted molar refractivity (Wildman–Crippen MR) is 148 cm³/mol. The lowest BCUT2D eigenvalue weighted by Gasteiger charge is -2.51. The van der Waals surface area contributed by atoms with Crippen molar-refractivity contribution in [2.45, 2.75) is 57.6 Å². The van der Waals surface area contributed by atoms with Gasteiger partial charge in [0.15, 0.2) is 17.0 Å². The summed E-state index contributed by atoms with van der Waals surface area (Å²) in [4.78, 5) is 35.0. The lowest BCUT2D eigenvalue weighted by Crippen LogP contribution is -2.68. The fourth-order valence-electron chi connectivity index (χ4n) is 6.50. The van der Waals surface area contributed by atoms with Crippen LogP contribution in [0.1, 0.15) is 62.8 Å². The molecule has 2 fully saturated rings. The van der Waals surface area contributed by atoms with E-state index in [2.05, 4.69) is 24.0 Å². The fraction of sp³-hybridized carbons (Fsp3) is 0.484. The SMILES string of the molecule is CCCOc1ccc(C2CN3C(=O)CN(CC4CCCO4)C(=O)C3(C)c3[nH]c4ccccc4c32)cc1OCC. The summed E-state index contributed by atoms with van der Waals surface area (Å²) in [6.45, 7) is 8.70. The summed E-state index contributed by atoms with van der Waals surface area (Å²) in [5.41, 5.74) is 2.72. The summed E-state index contributed by atoms with van der Waals surface area (Å²) in [6.07, 6.45) is 2.80. The summed E-state index contributed by atoms with van der Waals surface area (Å²) >= 11 is 0. The Morgan fingerprint density at radius 3 is 2.72 bits per heavy atom. The number of nitrogens with zero attached hydrogens (tertiary/aromatic N) is 2. The highest BCUT2D eigenvalue weighted by molar-refractivity contribution is 6.01. The van der Waals surface area contributed by atoms with E-state index in [0.29, 0.717) is 38.7 Å². The fourth-order valence-corrected chi connectivity index (χ4v) is 6.50. The van der Waals surface area contributed by atoms with Crippen molar-refractivity contribution in [3.05, 3.63) is 59.3 Å². The van der Waals surface area contributed by atoms with E-state index in [0.717, 1.165) is 52.7 Å². The zero-order valence-corrected chi connectivity index (χ0v) is 23.0. The lowest BCUT2D eigenvalue weighted by atomic mass is 9.76. The molecule has 0 bridgehead atoms. The molecule has 0 aliphatic carbocycles. The number of benzene rings is 2. The molecule has 0 radical (unpaired) electrons. The van der Waals surface area contributed by atoms with Gasteiger partial charge >= 0.3 is 0 Å². The van der Waals surface area contributed by atoms with E-state index in [9.17, 15) is 9.59 Å². The highest BCUT2D eigenvalue weighted by Crippen LogP contribution is 2.49. The molecule has 8 nitrogen and oxygen atoms in total. The van der Waals surface area contributed by atoms with E-state index in [4.69, 9.17) is 14.2 Å². The molecule has 4 heterocycles. The maximum atomic E-state index is 14.2. The van der Waals surface area contributed by atoms with Crippen molar-refractivity contribution in [2.75, 3.05) is 39.5 Å². The second-order valence-corrected chi connectivity index (χ2v) is 10.9. The number of piperazine rings is 1. The van der Waals surface area contributed by atoms with E-state index in [-0.39, 0.29) is 30.4 Å². The predicted octanol–water partition coefficient (Wildman–Crippen LogP) is 4.57. The Morgan fingerprint density at radius 1 is 1.10 bits per heavy atom. The maximum Gasteiger partial charge on any atom is 0.255 e. The third-order valence-corrected chi connectivity index (χ3v) is 8.40. The van der Waals surface area contributed by atoms with Gasteiger partial charge in [-0.3, -0.25) is 9.59 Å². The van der Waals surface area contributed by atoms with Crippen LogP contribution in [0.4, 0.5) is 0 Å². The van der Waals surface area contributed by atoms with Crippen LogP contribution in [0.3, 0.4) is 0 Å². The highest BCUT2D eigenvalue weighted by atomic mass is 16.5. The molecule has 8 heteroatoms. The largest absolute Gasteiger partial charge is 0.490 e. The van der Waals surface area contributed by atoms with E-state index in [1.807, 2.05) is 44.2 Å². The van der Waals surface area contributed by atoms with Crippen LogP contribution in [-0.2, 0) is 19.9 Å². The smallest absolute Gasteiger partial charge is 0.255 e. The average Bonchev–Trinajstić information content (AvgIpc) is 3.60. The van der Waals surface area contributed by atoms with Crippen LogP contribution in [0.5, 0.6) is 11.5 Å². The van der Waals surface area contributed by atoms with Gasteiger partial charge in [0.25, 0.3) is 5.91 Å². The van der Waals surface area contributed by atoms with E-state index < -0.39 is 5.54 Å². The maximum absolute atomic E-state index is 14.2. The van der Waals surface area contributed by atoms with Crippen LogP contribution in [0.2, 0.25) is 0 Å². The van der Waals surface area contributed by atoms with Crippen molar-refractivity contribution < 1.29 is 23.8 Å². The molecule has 2 amide bonds. The number of carbonyl (C=O) groups excluding carboxylic acids is 2. The Bertz CT molecular complexity index is 1390. The third kappa shape index (κ3) is 4.25. The number of rotatable bonds is 8. The molecule has 2 saturated heterocycles. The quantitative estimate of drug-likeness (QED) is 0.461. The highest BCUT2D eigenvalue weighted by Gasteiger charge is 2.56. The van der Waals surface area contributed by atoms with E-state index in [1.165, 1.54) is 0 Å². The summed E-state index contributed by atoms with van der Waals surface area (Å²) in [7, 11) is 0. The van der Waals surface area contributed by atoms with Crippen LogP contribution >= 0.6 is 0 Å². The monoisotopic (exact) mass is 531 g/mol. The number of ether oxygens (including phenoxy) is 3. The topological polar surface area (TPSA) is 84.1 Å². The normalized spacial score (nSPS) is 24.7. The number of nitrogens with one attached hydrogen (secondary N) is 1. The number of para-hydroxylation sites is 1. The molecule has 3 atom stereocenters. The van der Waals surface area contributed by atoms with E-state index >= 15 is 0 Å². The number of hydrogen-bond donors (Lipinski definition) is 1. The molecule has 206 valence electrons.